The Balaban J connectivity index is 2.08. The van der Waals surface area contributed by atoms with Crippen molar-refractivity contribution < 1.29 is 9.13 Å². The topological polar surface area (TPSA) is 66.0 Å². The second kappa shape index (κ2) is 7.00. The molecule has 0 saturated heterocycles. The number of halogens is 1. The minimum atomic E-state index is -0.282. The van der Waals surface area contributed by atoms with E-state index in [0.29, 0.717) is 25.3 Å². The van der Waals surface area contributed by atoms with Crippen molar-refractivity contribution in [2.24, 2.45) is 5.73 Å². The zero-order valence-corrected chi connectivity index (χ0v) is 11.6. The first-order valence-corrected chi connectivity index (χ1v) is 6.72. The number of hydrogen-bond acceptors (Lipinski definition) is 4. The number of nitrogens with two attached hydrogens (primary N) is 1. The van der Waals surface area contributed by atoms with E-state index in [0.717, 1.165) is 24.4 Å². The van der Waals surface area contributed by atoms with Crippen LogP contribution in [-0.4, -0.2) is 21.3 Å². The Hall–Kier alpha value is -1.95. The summed E-state index contributed by atoms with van der Waals surface area (Å²) in [7, 11) is 0. The molecule has 0 amide bonds. The maximum atomic E-state index is 13.2. The largest absolute Gasteiger partial charge is 0.485 e. The first-order chi connectivity index (χ1) is 9.74. The van der Waals surface area contributed by atoms with E-state index in [1.807, 2.05) is 4.68 Å². The van der Waals surface area contributed by atoms with Gasteiger partial charge in [0.15, 0.2) is 5.82 Å². The summed E-state index contributed by atoms with van der Waals surface area (Å²) in [6.07, 6.45) is 3.07. The lowest BCUT2D eigenvalue weighted by atomic mass is 10.1. The minimum absolute atomic E-state index is 0.282. The monoisotopic (exact) mass is 278 g/mol. The molecule has 0 bridgehead atoms. The molecule has 1 heterocycles. The number of hydrogen-bond donors (Lipinski definition) is 1. The molecule has 6 heteroatoms. The highest BCUT2D eigenvalue weighted by atomic mass is 19.1. The van der Waals surface area contributed by atoms with Crippen LogP contribution in [0.4, 0.5) is 4.39 Å². The molecule has 0 fully saturated rings. The number of benzene rings is 1. The Bertz CT molecular complexity index is 556. The van der Waals surface area contributed by atoms with Crippen LogP contribution in [0.5, 0.6) is 5.75 Å². The summed E-state index contributed by atoms with van der Waals surface area (Å²) >= 11 is 0. The Morgan fingerprint density at radius 3 is 3.00 bits per heavy atom. The molecule has 2 rings (SSSR count). The first kappa shape index (κ1) is 14.5. The Morgan fingerprint density at radius 2 is 2.25 bits per heavy atom. The van der Waals surface area contributed by atoms with Gasteiger partial charge in [-0.25, -0.2) is 14.1 Å². The van der Waals surface area contributed by atoms with Gasteiger partial charge in [-0.15, -0.1) is 0 Å². The van der Waals surface area contributed by atoms with Gasteiger partial charge < -0.3 is 10.5 Å². The third kappa shape index (κ3) is 3.54. The number of ether oxygens (including phenoxy) is 1. The van der Waals surface area contributed by atoms with E-state index in [1.54, 1.807) is 6.07 Å². The smallest absolute Gasteiger partial charge is 0.164 e. The SMILES string of the molecule is CCCn1ncnc1COc1ccc(F)cc1CCN. The molecule has 108 valence electrons. The zero-order chi connectivity index (χ0) is 14.4. The Morgan fingerprint density at radius 1 is 1.40 bits per heavy atom. The Labute approximate surface area is 117 Å². The van der Waals surface area contributed by atoms with Crippen LogP contribution in [0.2, 0.25) is 0 Å². The number of nitrogens with zero attached hydrogens (tertiary/aromatic N) is 3. The third-order valence-electron chi connectivity index (χ3n) is 2.92. The van der Waals surface area contributed by atoms with Crippen LogP contribution in [0.15, 0.2) is 24.5 Å². The van der Waals surface area contributed by atoms with Gasteiger partial charge in [-0.3, -0.25) is 0 Å². The quantitative estimate of drug-likeness (QED) is 0.840. The maximum absolute atomic E-state index is 13.2. The summed E-state index contributed by atoms with van der Waals surface area (Å²) in [6, 6.07) is 4.46. The van der Waals surface area contributed by atoms with Gasteiger partial charge in [-0.05, 0) is 43.1 Å². The molecule has 2 aromatic rings. The van der Waals surface area contributed by atoms with E-state index in [2.05, 4.69) is 17.0 Å². The molecule has 0 atom stereocenters. The lowest BCUT2D eigenvalue weighted by molar-refractivity contribution is 0.283. The summed E-state index contributed by atoms with van der Waals surface area (Å²) in [5.41, 5.74) is 6.30. The van der Waals surface area contributed by atoms with Crippen molar-refractivity contribution in [3.05, 3.63) is 41.7 Å². The van der Waals surface area contributed by atoms with Gasteiger partial charge in [0, 0.05) is 6.54 Å². The van der Waals surface area contributed by atoms with E-state index < -0.39 is 0 Å². The van der Waals surface area contributed by atoms with E-state index in [9.17, 15) is 4.39 Å². The molecule has 1 aromatic carbocycles. The number of aryl methyl sites for hydroxylation is 1. The second-order valence-electron chi connectivity index (χ2n) is 4.48. The highest BCUT2D eigenvalue weighted by Crippen LogP contribution is 2.21. The van der Waals surface area contributed by atoms with Crippen LogP contribution in [0.3, 0.4) is 0 Å². The average Bonchev–Trinajstić information content (AvgIpc) is 2.86. The van der Waals surface area contributed by atoms with Crippen molar-refractivity contribution in [2.75, 3.05) is 6.54 Å². The van der Waals surface area contributed by atoms with Crippen LogP contribution < -0.4 is 10.5 Å². The lowest BCUT2D eigenvalue weighted by Gasteiger charge is -2.11. The molecule has 0 aliphatic heterocycles. The fourth-order valence-electron chi connectivity index (χ4n) is 1.98. The van der Waals surface area contributed by atoms with Gasteiger partial charge >= 0.3 is 0 Å². The standard InChI is InChI=1S/C14H19FN4O/c1-2-7-19-14(17-10-18-19)9-20-13-4-3-12(15)8-11(13)5-6-16/h3-4,8,10H,2,5-7,9,16H2,1H3. The van der Waals surface area contributed by atoms with Crippen molar-refractivity contribution in [3.8, 4) is 5.75 Å². The van der Waals surface area contributed by atoms with Crippen LogP contribution in [0, 0.1) is 5.82 Å². The molecular weight excluding hydrogens is 259 g/mol. The molecule has 0 aliphatic rings. The number of rotatable bonds is 7. The molecule has 0 radical (unpaired) electrons. The molecule has 0 saturated carbocycles. The van der Waals surface area contributed by atoms with Gasteiger partial charge in [-0.1, -0.05) is 6.92 Å². The van der Waals surface area contributed by atoms with Gasteiger partial charge in [0.2, 0.25) is 0 Å². The van der Waals surface area contributed by atoms with E-state index in [-0.39, 0.29) is 5.82 Å². The van der Waals surface area contributed by atoms with Gasteiger partial charge in [0.25, 0.3) is 0 Å². The van der Waals surface area contributed by atoms with E-state index in [4.69, 9.17) is 10.5 Å². The highest BCUT2D eigenvalue weighted by molar-refractivity contribution is 5.34. The summed E-state index contributed by atoms with van der Waals surface area (Å²) in [6.45, 7) is 3.64. The predicted molar refractivity (Wildman–Crippen MR) is 73.8 cm³/mol. The molecule has 0 aliphatic carbocycles. The number of aromatic nitrogens is 3. The van der Waals surface area contributed by atoms with Crippen LogP contribution in [0.25, 0.3) is 0 Å². The van der Waals surface area contributed by atoms with Gasteiger partial charge in [0.1, 0.15) is 24.5 Å². The van der Waals surface area contributed by atoms with E-state index in [1.165, 1.54) is 18.5 Å². The van der Waals surface area contributed by atoms with E-state index >= 15 is 0 Å². The molecule has 1 aromatic heterocycles. The van der Waals surface area contributed by atoms with Crippen LogP contribution in [-0.2, 0) is 19.6 Å². The Kier molecular flexibility index (Phi) is 5.06. The summed E-state index contributed by atoms with van der Waals surface area (Å²) in [4.78, 5) is 4.17. The van der Waals surface area contributed by atoms with Crippen molar-refractivity contribution >= 4 is 0 Å². The highest BCUT2D eigenvalue weighted by Gasteiger charge is 2.08. The van der Waals surface area contributed by atoms with Crippen molar-refractivity contribution in [3.63, 3.8) is 0 Å². The lowest BCUT2D eigenvalue weighted by Crippen LogP contribution is -2.10. The predicted octanol–water partition coefficient (Wildman–Crippen LogP) is 1.91. The normalized spacial score (nSPS) is 10.8. The molecule has 0 unspecified atom stereocenters. The fourth-order valence-corrected chi connectivity index (χ4v) is 1.98. The molecule has 2 N–H and O–H groups in total. The average molecular weight is 278 g/mol. The zero-order valence-electron chi connectivity index (χ0n) is 11.6. The van der Waals surface area contributed by atoms with Gasteiger partial charge in [-0.2, -0.15) is 5.10 Å². The third-order valence-corrected chi connectivity index (χ3v) is 2.92. The first-order valence-electron chi connectivity index (χ1n) is 6.72. The maximum Gasteiger partial charge on any atom is 0.164 e. The molecular formula is C14H19FN4O. The fraction of sp³-hybridized carbons (Fsp3) is 0.429. The molecule has 20 heavy (non-hydrogen) atoms. The van der Waals surface area contributed by atoms with Crippen LogP contribution >= 0.6 is 0 Å². The minimum Gasteiger partial charge on any atom is -0.485 e. The van der Waals surface area contributed by atoms with Gasteiger partial charge in [0.05, 0.1) is 0 Å². The van der Waals surface area contributed by atoms with Crippen molar-refractivity contribution in [1.82, 2.24) is 14.8 Å². The van der Waals surface area contributed by atoms with Crippen molar-refractivity contribution in [1.29, 1.82) is 0 Å². The van der Waals surface area contributed by atoms with Crippen LogP contribution in [0.1, 0.15) is 24.7 Å². The second-order valence-corrected chi connectivity index (χ2v) is 4.48. The summed E-state index contributed by atoms with van der Waals surface area (Å²) < 4.78 is 20.8. The van der Waals surface area contributed by atoms with Crippen molar-refractivity contribution in [2.45, 2.75) is 32.9 Å². The summed E-state index contributed by atoms with van der Waals surface area (Å²) in [5.74, 6) is 1.12. The molecule has 5 nitrogen and oxygen atoms in total. The summed E-state index contributed by atoms with van der Waals surface area (Å²) in [5, 5.41) is 4.14. The molecule has 0 spiro atoms.